The summed E-state index contributed by atoms with van der Waals surface area (Å²) in [5.41, 5.74) is 2.59. The maximum Gasteiger partial charge on any atom is 0.392 e. The largest absolute Gasteiger partial charge is 0.392 e. The van der Waals surface area contributed by atoms with Crippen molar-refractivity contribution in [1.82, 2.24) is 4.90 Å². The average Bonchev–Trinajstić information content (AvgIpc) is 2.64. The molecule has 1 saturated heterocycles. The number of thioether (sulfide) groups is 1. The Labute approximate surface area is 163 Å². The van der Waals surface area contributed by atoms with Gasteiger partial charge in [-0.3, -0.25) is 9.69 Å². The molecule has 0 aromatic heterocycles. The maximum absolute atomic E-state index is 13.3. The fraction of sp³-hybridized carbons (Fsp3) is 0.650. The summed E-state index contributed by atoms with van der Waals surface area (Å²) in [5.74, 6) is -0.764. The number of nitrogens with one attached hydrogen (secondary N) is 1. The molecule has 3 nitrogen and oxygen atoms in total. The van der Waals surface area contributed by atoms with Gasteiger partial charge in [-0.2, -0.15) is 24.9 Å². The summed E-state index contributed by atoms with van der Waals surface area (Å²) in [6.45, 7) is 4.75. The van der Waals surface area contributed by atoms with Crippen LogP contribution in [0.25, 0.3) is 0 Å². The highest BCUT2D eigenvalue weighted by atomic mass is 32.2. The average molecular weight is 401 g/mol. The molecular formula is C20H27F3N2OS. The lowest BCUT2D eigenvalue weighted by atomic mass is 9.78. The second-order valence-corrected chi connectivity index (χ2v) is 8.79. The molecule has 1 saturated carbocycles. The van der Waals surface area contributed by atoms with Crippen molar-refractivity contribution in [3.8, 4) is 0 Å². The molecule has 2 aliphatic rings. The highest BCUT2D eigenvalue weighted by Crippen LogP contribution is 2.42. The van der Waals surface area contributed by atoms with E-state index >= 15 is 0 Å². The van der Waals surface area contributed by atoms with Gasteiger partial charge in [0.25, 0.3) is 0 Å². The second-order valence-electron chi connectivity index (χ2n) is 7.57. The molecule has 0 bridgehead atoms. The van der Waals surface area contributed by atoms with Crippen LogP contribution >= 0.6 is 11.8 Å². The third kappa shape index (κ3) is 5.41. The van der Waals surface area contributed by atoms with E-state index in [0.717, 1.165) is 42.3 Å². The normalized spacial score (nSPS) is 24.6. The Kier molecular flexibility index (Phi) is 6.74. The van der Waals surface area contributed by atoms with Crippen LogP contribution in [0.15, 0.2) is 18.2 Å². The number of rotatable bonds is 4. The van der Waals surface area contributed by atoms with Gasteiger partial charge in [-0.15, -0.1) is 0 Å². The minimum absolute atomic E-state index is 0.0492. The van der Waals surface area contributed by atoms with E-state index in [-0.39, 0.29) is 6.42 Å². The van der Waals surface area contributed by atoms with Crippen molar-refractivity contribution in [2.24, 2.45) is 11.8 Å². The summed E-state index contributed by atoms with van der Waals surface area (Å²) in [7, 11) is 0. The first-order valence-corrected chi connectivity index (χ1v) is 10.8. The molecule has 1 aliphatic carbocycles. The molecule has 1 aliphatic heterocycles. The fourth-order valence-electron chi connectivity index (χ4n) is 3.98. The van der Waals surface area contributed by atoms with Crippen molar-refractivity contribution in [3.05, 3.63) is 29.3 Å². The molecule has 1 aromatic rings. The molecule has 1 heterocycles. The monoisotopic (exact) mass is 400 g/mol. The van der Waals surface area contributed by atoms with Crippen LogP contribution in [0.5, 0.6) is 0 Å². The quantitative estimate of drug-likeness (QED) is 0.784. The number of carbonyl (C=O) groups excluding carboxylic acids is 1. The Bertz CT molecular complexity index is 659. The third-order valence-electron chi connectivity index (χ3n) is 5.59. The summed E-state index contributed by atoms with van der Waals surface area (Å²) in [5, 5.41) is 2.80. The van der Waals surface area contributed by atoms with Gasteiger partial charge in [0.2, 0.25) is 5.91 Å². The van der Waals surface area contributed by atoms with E-state index in [0.29, 0.717) is 24.9 Å². The van der Waals surface area contributed by atoms with E-state index in [1.54, 1.807) is 0 Å². The van der Waals surface area contributed by atoms with Gasteiger partial charge in [-0.1, -0.05) is 25.0 Å². The number of halogens is 3. The van der Waals surface area contributed by atoms with Gasteiger partial charge in [-0.05, 0) is 37.0 Å². The van der Waals surface area contributed by atoms with E-state index in [9.17, 15) is 18.0 Å². The van der Waals surface area contributed by atoms with Crippen LogP contribution in [-0.2, 0) is 11.3 Å². The standard InChI is InChI=1S/C20H27F3N2OS/c1-14-6-7-15(13-25-8-10-27-11-9-25)12-18(14)24-19(26)16-4-2-3-5-17(16)20(21,22)23/h6-7,12,16-17H,2-5,8-11,13H2,1H3,(H,24,26). The van der Waals surface area contributed by atoms with Crippen LogP contribution in [0.2, 0.25) is 0 Å². The molecule has 1 aromatic carbocycles. The van der Waals surface area contributed by atoms with Crippen molar-refractivity contribution in [2.45, 2.75) is 45.3 Å². The highest BCUT2D eigenvalue weighted by Gasteiger charge is 2.48. The van der Waals surface area contributed by atoms with Crippen molar-refractivity contribution in [3.63, 3.8) is 0 Å². The molecule has 3 rings (SSSR count). The SMILES string of the molecule is Cc1ccc(CN2CCSCC2)cc1NC(=O)C1CCCCC1C(F)(F)F. The summed E-state index contributed by atoms with van der Waals surface area (Å²) in [4.78, 5) is 15.0. The Hall–Kier alpha value is -1.21. The van der Waals surface area contributed by atoms with E-state index in [4.69, 9.17) is 0 Å². The topological polar surface area (TPSA) is 32.3 Å². The number of anilines is 1. The zero-order valence-corrected chi connectivity index (χ0v) is 16.5. The van der Waals surface area contributed by atoms with Crippen molar-refractivity contribution < 1.29 is 18.0 Å². The van der Waals surface area contributed by atoms with Gasteiger partial charge in [0.1, 0.15) is 0 Å². The molecule has 27 heavy (non-hydrogen) atoms. The lowest BCUT2D eigenvalue weighted by Gasteiger charge is -2.32. The second kappa shape index (κ2) is 8.86. The highest BCUT2D eigenvalue weighted by molar-refractivity contribution is 7.99. The number of hydrogen-bond acceptors (Lipinski definition) is 3. The molecule has 2 fully saturated rings. The van der Waals surface area contributed by atoms with Crippen molar-refractivity contribution in [2.75, 3.05) is 29.9 Å². The molecule has 0 spiro atoms. The maximum atomic E-state index is 13.3. The van der Waals surface area contributed by atoms with E-state index in [1.165, 1.54) is 0 Å². The number of carbonyl (C=O) groups is 1. The third-order valence-corrected chi connectivity index (χ3v) is 6.54. The molecule has 7 heteroatoms. The number of hydrogen-bond donors (Lipinski definition) is 1. The number of alkyl halides is 3. The first-order valence-electron chi connectivity index (χ1n) is 9.62. The van der Waals surface area contributed by atoms with Crippen LogP contribution in [0.1, 0.15) is 36.8 Å². The molecule has 0 radical (unpaired) electrons. The summed E-state index contributed by atoms with van der Waals surface area (Å²) < 4.78 is 39.9. The minimum Gasteiger partial charge on any atom is -0.326 e. The predicted molar refractivity (Wildman–Crippen MR) is 104 cm³/mol. The van der Waals surface area contributed by atoms with Gasteiger partial charge in [0.05, 0.1) is 5.92 Å². The summed E-state index contributed by atoms with van der Waals surface area (Å²) >= 11 is 1.95. The molecule has 2 atom stereocenters. The van der Waals surface area contributed by atoms with Gasteiger partial charge >= 0.3 is 6.18 Å². The van der Waals surface area contributed by atoms with Crippen molar-refractivity contribution in [1.29, 1.82) is 0 Å². The van der Waals surface area contributed by atoms with E-state index in [2.05, 4.69) is 10.2 Å². The van der Waals surface area contributed by atoms with Gasteiger partial charge in [0, 0.05) is 42.7 Å². The Morgan fingerprint density at radius 2 is 1.93 bits per heavy atom. The Balaban J connectivity index is 1.70. The fourth-order valence-corrected chi connectivity index (χ4v) is 4.96. The first-order chi connectivity index (χ1) is 12.8. The minimum atomic E-state index is -4.31. The number of aryl methyl sites for hydroxylation is 1. The summed E-state index contributed by atoms with van der Waals surface area (Å²) in [6, 6.07) is 5.89. The number of benzene rings is 1. The molecule has 1 amide bonds. The van der Waals surface area contributed by atoms with Crippen LogP contribution in [0.3, 0.4) is 0 Å². The molecule has 150 valence electrons. The lowest BCUT2D eigenvalue weighted by Crippen LogP contribution is -2.39. The summed E-state index contributed by atoms with van der Waals surface area (Å²) in [6.07, 6.45) is -2.74. The molecule has 1 N–H and O–H groups in total. The van der Waals surface area contributed by atoms with Gasteiger partial charge < -0.3 is 5.32 Å². The number of nitrogens with zero attached hydrogens (tertiary/aromatic N) is 1. The Morgan fingerprint density at radius 1 is 1.22 bits per heavy atom. The van der Waals surface area contributed by atoms with Crippen LogP contribution in [0.4, 0.5) is 18.9 Å². The first kappa shape index (κ1) is 20.5. The Morgan fingerprint density at radius 3 is 2.63 bits per heavy atom. The zero-order chi connectivity index (χ0) is 19.4. The van der Waals surface area contributed by atoms with Gasteiger partial charge in [0.15, 0.2) is 0 Å². The van der Waals surface area contributed by atoms with Crippen LogP contribution in [0, 0.1) is 18.8 Å². The molecule has 2 unspecified atom stereocenters. The van der Waals surface area contributed by atoms with Crippen LogP contribution in [-0.4, -0.2) is 41.6 Å². The van der Waals surface area contributed by atoms with E-state index < -0.39 is 23.9 Å². The van der Waals surface area contributed by atoms with Gasteiger partial charge in [-0.25, -0.2) is 0 Å². The number of amides is 1. The smallest absolute Gasteiger partial charge is 0.326 e. The predicted octanol–water partition coefficient (Wildman–Crippen LogP) is 4.85. The van der Waals surface area contributed by atoms with Crippen molar-refractivity contribution >= 4 is 23.4 Å². The molecular weight excluding hydrogens is 373 g/mol. The van der Waals surface area contributed by atoms with Crippen LogP contribution < -0.4 is 5.32 Å². The van der Waals surface area contributed by atoms with E-state index in [1.807, 2.05) is 36.9 Å². The zero-order valence-electron chi connectivity index (χ0n) is 15.6. The lowest BCUT2D eigenvalue weighted by molar-refractivity contribution is -0.197.